The molecule has 0 fully saturated rings. The lowest BCUT2D eigenvalue weighted by atomic mass is 10.1. The van der Waals surface area contributed by atoms with Crippen LogP contribution in [0.4, 0.5) is 14.9 Å². The highest BCUT2D eigenvalue weighted by Crippen LogP contribution is 2.35. The van der Waals surface area contributed by atoms with Crippen molar-refractivity contribution in [2.24, 2.45) is 0 Å². The van der Waals surface area contributed by atoms with E-state index in [0.29, 0.717) is 30.1 Å². The Morgan fingerprint density at radius 2 is 1.97 bits per heavy atom. The lowest BCUT2D eigenvalue weighted by Crippen LogP contribution is -2.28. The van der Waals surface area contributed by atoms with Crippen molar-refractivity contribution in [3.63, 3.8) is 0 Å². The zero-order chi connectivity index (χ0) is 20.8. The second-order valence-corrected chi connectivity index (χ2v) is 6.36. The molecule has 0 aliphatic heterocycles. The zero-order valence-corrected chi connectivity index (χ0v) is 16.5. The summed E-state index contributed by atoms with van der Waals surface area (Å²) in [6.45, 7) is 4.49. The summed E-state index contributed by atoms with van der Waals surface area (Å²) >= 11 is 0. The summed E-state index contributed by atoms with van der Waals surface area (Å²) < 4.78 is 19.9. The number of hydrogen-bond donors (Lipinski definition) is 2. The minimum atomic E-state index is -0.557. The van der Waals surface area contributed by atoms with Crippen molar-refractivity contribution in [2.45, 2.75) is 20.4 Å². The SMILES string of the molecule is CCNC(=O)Nc1ccc(-c2c(C#N)c3ccc(OCCF)cc3n2CC)cc1. The summed E-state index contributed by atoms with van der Waals surface area (Å²) in [5.74, 6) is 0.569. The number of rotatable bonds is 7. The number of ether oxygens (including phenoxy) is 1. The number of nitrogens with one attached hydrogen (secondary N) is 2. The molecule has 7 heteroatoms. The second kappa shape index (κ2) is 9.11. The number of aryl methyl sites for hydroxylation is 1. The number of carbonyl (C=O) groups excluding carboxylic acids is 1. The molecule has 0 unspecified atom stereocenters. The first-order valence-electron chi connectivity index (χ1n) is 9.53. The molecular weight excluding hydrogens is 371 g/mol. The zero-order valence-electron chi connectivity index (χ0n) is 16.5. The number of nitrogens with zero attached hydrogens (tertiary/aromatic N) is 2. The first kappa shape index (κ1) is 20.2. The predicted molar refractivity (Wildman–Crippen MR) is 112 cm³/mol. The quantitative estimate of drug-likeness (QED) is 0.610. The van der Waals surface area contributed by atoms with Crippen LogP contribution in [0.3, 0.4) is 0 Å². The van der Waals surface area contributed by atoms with E-state index in [0.717, 1.165) is 22.2 Å². The topological polar surface area (TPSA) is 79.1 Å². The molecule has 2 aromatic carbocycles. The third-order valence-corrected chi connectivity index (χ3v) is 4.56. The van der Waals surface area contributed by atoms with Gasteiger partial charge in [0.15, 0.2) is 0 Å². The van der Waals surface area contributed by atoms with Gasteiger partial charge in [-0.3, -0.25) is 0 Å². The maximum atomic E-state index is 12.4. The summed E-state index contributed by atoms with van der Waals surface area (Å²) in [7, 11) is 0. The number of carbonyl (C=O) groups is 1. The fraction of sp³-hybridized carbons (Fsp3) is 0.273. The number of aromatic nitrogens is 1. The van der Waals surface area contributed by atoms with Gasteiger partial charge >= 0.3 is 6.03 Å². The summed E-state index contributed by atoms with van der Waals surface area (Å²) in [4.78, 5) is 11.7. The van der Waals surface area contributed by atoms with Crippen molar-refractivity contribution in [1.82, 2.24) is 9.88 Å². The Bertz CT molecular complexity index is 1050. The first-order valence-corrected chi connectivity index (χ1v) is 9.53. The van der Waals surface area contributed by atoms with E-state index in [4.69, 9.17) is 4.74 Å². The Hall–Kier alpha value is -3.53. The summed E-state index contributed by atoms with van der Waals surface area (Å²) in [6.07, 6.45) is 0. The largest absolute Gasteiger partial charge is 0.491 e. The monoisotopic (exact) mass is 394 g/mol. The van der Waals surface area contributed by atoms with Gasteiger partial charge in [-0.1, -0.05) is 12.1 Å². The molecule has 0 bridgehead atoms. The van der Waals surface area contributed by atoms with Crippen molar-refractivity contribution < 1.29 is 13.9 Å². The van der Waals surface area contributed by atoms with E-state index in [1.54, 1.807) is 18.2 Å². The molecule has 0 radical (unpaired) electrons. The average molecular weight is 394 g/mol. The number of nitriles is 1. The van der Waals surface area contributed by atoms with Gasteiger partial charge < -0.3 is 19.9 Å². The number of amides is 2. The molecule has 0 aliphatic rings. The molecule has 0 spiro atoms. The van der Waals surface area contributed by atoms with Crippen molar-refractivity contribution >= 4 is 22.6 Å². The summed E-state index contributed by atoms with van der Waals surface area (Å²) in [6, 6.07) is 14.8. The molecule has 150 valence electrons. The van der Waals surface area contributed by atoms with Gasteiger partial charge in [0, 0.05) is 30.2 Å². The van der Waals surface area contributed by atoms with E-state index in [2.05, 4.69) is 16.7 Å². The van der Waals surface area contributed by atoms with Crippen LogP contribution in [-0.4, -0.2) is 30.4 Å². The number of fused-ring (bicyclic) bond motifs is 1. The lowest BCUT2D eigenvalue weighted by Gasteiger charge is -2.11. The smallest absolute Gasteiger partial charge is 0.319 e. The molecular formula is C22H23FN4O2. The average Bonchev–Trinajstić information content (AvgIpc) is 3.05. The van der Waals surface area contributed by atoms with Crippen LogP contribution < -0.4 is 15.4 Å². The van der Waals surface area contributed by atoms with Crippen molar-refractivity contribution in [2.75, 3.05) is 25.1 Å². The van der Waals surface area contributed by atoms with Crippen LogP contribution in [-0.2, 0) is 6.54 Å². The lowest BCUT2D eigenvalue weighted by molar-refractivity contribution is 0.252. The maximum Gasteiger partial charge on any atom is 0.319 e. The molecule has 0 aliphatic carbocycles. The van der Waals surface area contributed by atoms with Crippen LogP contribution in [0.1, 0.15) is 19.4 Å². The molecule has 29 heavy (non-hydrogen) atoms. The van der Waals surface area contributed by atoms with E-state index < -0.39 is 6.67 Å². The molecule has 0 saturated heterocycles. The highest BCUT2D eigenvalue weighted by atomic mass is 19.1. The highest BCUT2D eigenvalue weighted by Gasteiger charge is 2.18. The van der Waals surface area contributed by atoms with Crippen LogP contribution in [0.25, 0.3) is 22.2 Å². The Morgan fingerprint density at radius 1 is 1.21 bits per heavy atom. The molecule has 3 aromatic rings. The standard InChI is InChI=1S/C22H23FN4O2/c1-3-25-22(28)26-16-7-5-15(6-8-16)21-19(14-24)18-10-9-17(29-12-11-23)13-20(18)27(21)4-2/h5-10,13H,3-4,11-12H2,1-2H3,(H2,25,26,28). The maximum absolute atomic E-state index is 12.4. The fourth-order valence-electron chi connectivity index (χ4n) is 3.36. The van der Waals surface area contributed by atoms with Crippen LogP contribution in [0.5, 0.6) is 5.75 Å². The predicted octanol–water partition coefficient (Wildman–Crippen LogP) is 4.69. The van der Waals surface area contributed by atoms with Crippen molar-refractivity contribution in [3.8, 4) is 23.1 Å². The van der Waals surface area contributed by atoms with Crippen molar-refractivity contribution in [1.29, 1.82) is 5.26 Å². The van der Waals surface area contributed by atoms with Gasteiger partial charge in [-0.05, 0) is 43.7 Å². The number of anilines is 1. The first-order chi connectivity index (χ1) is 14.1. The molecule has 0 atom stereocenters. The Labute approximate surface area is 168 Å². The van der Waals surface area contributed by atoms with Crippen LogP contribution in [0.2, 0.25) is 0 Å². The number of hydrogen-bond acceptors (Lipinski definition) is 3. The molecule has 0 saturated carbocycles. The minimum absolute atomic E-state index is 0.00360. The van der Waals surface area contributed by atoms with Gasteiger partial charge in [-0.25, -0.2) is 9.18 Å². The van der Waals surface area contributed by atoms with Gasteiger partial charge in [-0.2, -0.15) is 5.26 Å². The van der Waals surface area contributed by atoms with E-state index >= 15 is 0 Å². The molecule has 6 nitrogen and oxygen atoms in total. The molecule has 1 heterocycles. The summed E-state index contributed by atoms with van der Waals surface area (Å²) in [5, 5.41) is 16.1. The van der Waals surface area contributed by atoms with Crippen molar-refractivity contribution in [3.05, 3.63) is 48.0 Å². The molecule has 1 aromatic heterocycles. The van der Waals surface area contributed by atoms with Gasteiger partial charge in [0.2, 0.25) is 0 Å². The number of halogens is 1. The van der Waals surface area contributed by atoms with E-state index in [-0.39, 0.29) is 12.6 Å². The van der Waals surface area contributed by atoms with E-state index in [1.807, 2.05) is 42.7 Å². The molecule has 2 amide bonds. The number of alkyl halides is 1. The normalized spacial score (nSPS) is 10.6. The fourth-order valence-corrected chi connectivity index (χ4v) is 3.36. The Kier molecular flexibility index (Phi) is 6.35. The van der Waals surface area contributed by atoms with E-state index in [9.17, 15) is 14.4 Å². The third kappa shape index (κ3) is 4.16. The van der Waals surface area contributed by atoms with Crippen LogP contribution in [0, 0.1) is 11.3 Å². The van der Waals surface area contributed by atoms with Gasteiger partial charge in [0.25, 0.3) is 0 Å². The number of urea groups is 1. The Morgan fingerprint density at radius 3 is 2.59 bits per heavy atom. The Balaban J connectivity index is 2.04. The van der Waals surface area contributed by atoms with Crippen LogP contribution in [0.15, 0.2) is 42.5 Å². The number of benzene rings is 2. The third-order valence-electron chi connectivity index (χ3n) is 4.56. The second-order valence-electron chi connectivity index (χ2n) is 6.36. The molecule has 3 rings (SSSR count). The van der Waals surface area contributed by atoms with Gasteiger partial charge in [0.05, 0.1) is 16.8 Å². The molecule has 2 N–H and O–H groups in total. The van der Waals surface area contributed by atoms with Gasteiger partial charge in [0.1, 0.15) is 25.1 Å². The van der Waals surface area contributed by atoms with E-state index in [1.165, 1.54) is 0 Å². The van der Waals surface area contributed by atoms with Gasteiger partial charge in [-0.15, -0.1) is 0 Å². The summed E-state index contributed by atoms with van der Waals surface area (Å²) in [5.41, 5.74) is 3.77. The highest BCUT2D eigenvalue weighted by molar-refractivity contribution is 5.95. The van der Waals surface area contributed by atoms with Crippen LogP contribution >= 0.6 is 0 Å². The minimum Gasteiger partial charge on any atom is -0.491 e.